The lowest BCUT2D eigenvalue weighted by Gasteiger charge is -2.32. The first-order chi connectivity index (χ1) is 19.6. The number of rotatable bonds is 4. The van der Waals surface area contributed by atoms with Gasteiger partial charge in [-0.15, -0.1) is 0 Å². The van der Waals surface area contributed by atoms with Crippen LogP contribution in [0.15, 0.2) is 76.8 Å². The highest BCUT2D eigenvalue weighted by molar-refractivity contribution is 6.19. The van der Waals surface area contributed by atoms with Crippen molar-refractivity contribution in [2.45, 2.75) is 31.3 Å². The number of benzene rings is 2. The predicted octanol–water partition coefficient (Wildman–Crippen LogP) is 3.53. The molecule has 13 heteroatoms. The van der Waals surface area contributed by atoms with Crippen LogP contribution in [0.25, 0.3) is 0 Å². The van der Waals surface area contributed by atoms with Crippen LogP contribution in [0.5, 0.6) is 0 Å². The molecule has 1 aromatic heterocycles. The van der Waals surface area contributed by atoms with Gasteiger partial charge in [-0.3, -0.25) is 10.2 Å². The maximum absolute atomic E-state index is 13.5. The number of alkyl halides is 3. The van der Waals surface area contributed by atoms with Crippen LogP contribution in [-0.2, 0) is 15.7 Å². The van der Waals surface area contributed by atoms with Crippen LogP contribution in [0.2, 0.25) is 0 Å². The minimum Gasteiger partial charge on any atom is -0.405 e. The standard InChI is InChI=1S/C28H26F3N7O3/c29-28(30,31)17-14-21(38-12-10-18(39)11-13-38)23(34-15-17)24(32)41-27(33)37-25-26(40)35-20-9-5-4-8-19(20)22(36-25)16-6-2-1-3-7-16/h1-9,14-15,18,25,32,39H,10-13H2,(H2,33,37)(H,35,40). The first-order valence-electron chi connectivity index (χ1n) is 12.7. The van der Waals surface area contributed by atoms with Gasteiger partial charge in [0.2, 0.25) is 12.1 Å². The first-order valence-corrected chi connectivity index (χ1v) is 12.7. The van der Waals surface area contributed by atoms with E-state index in [-0.39, 0.29) is 24.5 Å². The molecule has 2 aromatic carbocycles. The molecule has 1 saturated heterocycles. The van der Waals surface area contributed by atoms with Gasteiger partial charge in [-0.25, -0.2) is 9.98 Å². The number of hydrogen-bond donors (Lipinski definition) is 4. The summed E-state index contributed by atoms with van der Waals surface area (Å²) in [5, 5.41) is 21.0. The molecule has 1 amide bonds. The molecule has 0 spiro atoms. The van der Waals surface area contributed by atoms with E-state index in [0.29, 0.717) is 36.0 Å². The molecule has 1 atom stereocenters. The van der Waals surface area contributed by atoms with Crippen molar-refractivity contribution in [1.82, 2.24) is 4.98 Å². The number of ether oxygens (including phenoxy) is 1. The Hall–Kier alpha value is -4.78. The maximum atomic E-state index is 13.5. The van der Waals surface area contributed by atoms with Crippen molar-refractivity contribution in [1.29, 1.82) is 5.41 Å². The Bertz CT molecular complexity index is 1520. The molecule has 1 fully saturated rings. The Labute approximate surface area is 232 Å². The van der Waals surface area contributed by atoms with Gasteiger partial charge in [0, 0.05) is 30.4 Å². The SMILES string of the molecule is N=C(O/C(N)=N/C1N=C(c2ccccc2)c2ccccc2NC1=O)c1ncc(C(F)(F)F)cc1N1CCC(O)CC1. The summed E-state index contributed by atoms with van der Waals surface area (Å²) in [6.07, 6.45) is -5.31. The Balaban J connectivity index is 1.45. The molecule has 0 bridgehead atoms. The molecular formula is C28H26F3N7O3. The Kier molecular flexibility index (Phi) is 7.70. The van der Waals surface area contributed by atoms with E-state index in [1.807, 2.05) is 36.4 Å². The number of aliphatic hydroxyl groups is 1. The predicted molar refractivity (Wildman–Crippen MR) is 147 cm³/mol. The highest BCUT2D eigenvalue weighted by Gasteiger charge is 2.34. The number of piperidine rings is 1. The van der Waals surface area contributed by atoms with Gasteiger partial charge in [-0.1, -0.05) is 48.5 Å². The average molecular weight is 566 g/mol. The van der Waals surface area contributed by atoms with Crippen molar-refractivity contribution < 1.29 is 27.8 Å². The molecule has 212 valence electrons. The lowest BCUT2D eigenvalue weighted by molar-refractivity contribution is -0.137. The molecule has 2 aliphatic rings. The van der Waals surface area contributed by atoms with Crippen molar-refractivity contribution in [3.05, 3.63) is 89.2 Å². The van der Waals surface area contributed by atoms with Gasteiger partial charge in [0.15, 0.2) is 0 Å². The molecule has 2 aliphatic heterocycles. The van der Waals surface area contributed by atoms with E-state index < -0.39 is 41.8 Å². The minimum absolute atomic E-state index is 0.0107. The Morgan fingerprint density at radius 3 is 2.51 bits per heavy atom. The summed E-state index contributed by atoms with van der Waals surface area (Å²) in [5.41, 5.74) is 7.20. The zero-order valence-electron chi connectivity index (χ0n) is 21.6. The molecule has 3 heterocycles. The molecule has 1 unspecified atom stereocenters. The summed E-state index contributed by atoms with van der Waals surface area (Å²) in [6.45, 7) is 0.515. The van der Waals surface area contributed by atoms with E-state index in [1.165, 1.54) is 0 Å². The van der Waals surface area contributed by atoms with Gasteiger partial charge in [-0.05, 0) is 25.0 Å². The largest absolute Gasteiger partial charge is 0.417 e. The number of aromatic nitrogens is 1. The second kappa shape index (κ2) is 11.4. The lowest BCUT2D eigenvalue weighted by atomic mass is 10.0. The normalized spacial score (nSPS) is 18.2. The number of benzodiazepines with no additional fused rings is 1. The number of aliphatic imine (C=N–C) groups is 2. The maximum Gasteiger partial charge on any atom is 0.417 e. The Morgan fingerprint density at radius 2 is 1.80 bits per heavy atom. The van der Waals surface area contributed by atoms with Crippen molar-refractivity contribution >= 4 is 34.9 Å². The van der Waals surface area contributed by atoms with Gasteiger partial charge in [0.05, 0.1) is 28.8 Å². The molecular weight excluding hydrogens is 539 g/mol. The smallest absolute Gasteiger partial charge is 0.405 e. The Morgan fingerprint density at radius 1 is 1.12 bits per heavy atom. The lowest BCUT2D eigenvalue weighted by Crippen LogP contribution is -2.37. The fourth-order valence-corrected chi connectivity index (χ4v) is 4.59. The van der Waals surface area contributed by atoms with Crippen molar-refractivity contribution in [2.75, 3.05) is 23.3 Å². The summed E-state index contributed by atoms with van der Waals surface area (Å²) < 4.78 is 45.7. The molecule has 3 aromatic rings. The van der Waals surface area contributed by atoms with Gasteiger partial charge in [0.25, 0.3) is 11.9 Å². The van der Waals surface area contributed by atoms with Crippen LogP contribution >= 0.6 is 0 Å². The van der Waals surface area contributed by atoms with Crippen LogP contribution in [0, 0.1) is 5.41 Å². The van der Waals surface area contributed by atoms with Crippen LogP contribution in [0.3, 0.4) is 0 Å². The number of para-hydroxylation sites is 1. The molecule has 10 nitrogen and oxygen atoms in total. The summed E-state index contributed by atoms with van der Waals surface area (Å²) in [5.74, 6) is -1.26. The number of amides is 1. The first kappa shape index (κ1) is 27.8. The highest BCUT2D eigenvalue weighted by atomic mass is 19.4. The van der Waals surface area contributed by atoms with E-state index >= 15 is 0 Å². The quantitative estimate of drug-likeness (QED) is 0.281. The number of nitrogens with one attached hydrogen (secondary N) is 2. The van der Waals surface area contributed by atoms with Crippen LogP contribution in [0.1, 0.15) is 35.2 Å². The van der Waals surface area contributed by atoms with Gasteiger partial charge in [0.1, 0.15) is 5.69 Å². The fourth-order valence-electron chi connectivity index (χ4n) is 4.59. The van der Waals surface area contributed by atoms with E-state index in [0.717, 1.165) is 11.6 Å². The van der Waals surface area contributed by atoms with E-state index in [2.05, 4.69) is 20.3 Å². The number of hydrogen-bond acceptors (Lipinski definition) is 8. The van der Waals surface area contributed by atoms with Gasteiger partial charge in [-0.2, -0.15) is 18.2 Å². The topological polar surface area (TPSA) is 149 Å². The molecule has 5 N–H and O–H groups in total. The van der Waals surface area contributed by atoms with Gasteiger partial charge < -0.3 is 25.8 Å². The average Bonchev–Trinajstić information content (AvgIpc) is 3.09. The third-order valence-corrected chi connectivity index (χ3v) is 6.64. The summed E-state index contributed by atoms with van der Waals surface area (Å²) >= 11 is 0. The number of nitrogens with two attached hydrogens (primary N) is 1. The number of amidine groups is 1. The molecule has 0 radical (unpaired) electrons. The van der Waals surface area contributed by atoms with E-state index in [9.17, 15) is 23.1 Å². The molecule has 41 heavy (non-hydrogen) atoms. The number of halogens is 3. The summed E-state index contributed by atoms with van der Waals surface area (Å²) in [6, 6.07) is 16.6. The van der Waals surface area contributed by atoms with E-state index in [1.54, 1.807) is 23.1 Å². The zero-order valence-corrected chi connectivity index (χ0v) is 21.6. The number of fused-ring (bicyclic) bond motifs is 1. The van der Waals surface area contributed by atoms with E-state index in [4.69, 9.17) is 15.9 Å². The summed E-state index contributed by atoms with van der Waals surface area (Å²) in [4.78, 5) is 27.1. The number of anilines is 2. The number of carbonyl (C=O) groups is 1. The van der Waals surface area contributed by atoms with Crippen molar-refractivity contribution in [3.63, 3.8) is 0 Å². The van der Waals surface area contributed by atoms with Crippen LogP contribution < -0.4 is 16.0 Å². The number of aliphatic hydroxyl groups excluding tert-OH is 1. The third-order valence-electron chi connectivity index (χ3n) is 6.64. The molecule has 5 rings (SSSR count). The summed E-state index contributed by atoms with van der Waals surface area (Å²) in [7, 11) is 0. The number of nitrogens with zero attached hydrogens (tertiary/aromatic N) is 4. The van der Waals surface area contributed by atoms with Gasteiger partial charge >= 0.3 is 6.18 Å². The second-order valence-electron chi connectivity index (χ2n) is 9.46. The zero-order chi connectivity index (χ0) is 29.1. The van der Waals surface area contributed by atoms with Crippen molar-refractivity contribution in [2.24, 2.45) is 15.7 Å². The molecule has 0 saturated carbocycles. The van der Waals surface area contributed by atoms with Crippen LogP contribution in [0.4, 0.5) is 24.5 Å². The van der Waals surface area contributed by atoms with Crippen molar-refractivity contribution in [3.8, 4) is 0 Å². The van der Waals surface area contributed by atoms with Crippen LogP contribution in [-0.4, -0.2) is 59.0 Å². The monoisotopic (exact) mass is 565 g/mol. The number of carbonyl (C=O) groups excluding carboxylic acids is 1. The fraction of sp³-hybridized carbons (Fsp3) is 0.250. The second-order valence-corrected chi connectivity index (χ2v) is 9.46. The minimum atomic E-state index is -4.65. The number of pyridine rings is 1. The third kappa shape index (κ3) is 6.19. The highest BCUT2D eigenvalue weighted by Crippen LogP contribution is 2.33. The molecule has 0 aliphatic carbocycles.